The van der Waals surface area contributed by atoms with E-state index in [9.17, 15) is 9.59 Å². The third-order valence-corrected chi connectivity index (χ3v) is 4.67. The molecule has 1 saturated carbocycles. The van der Waals surface area contributed by atoms with E-state index in [1.54, 1.807) is 7.11 Å². The molecular formula is C14H26N2O4. The number of nitrogens with one attached hydrogen (secondary N) is 2. The number of rotatable bonds is 7. The zero-order chi connectivity index (χ0) is 15.3. The minimum absolute atomic E-state index is 0.0295. The molecule has 0 spiro atoms. The molecule has 3 N–H and O–H groups in total. The van der Waals surface area contributed by atoms with E-state index >= 15 is 0 Å². The van der Waals surface area contributed by atoms with E-state index in [-0.39, 0.29) is 42.5 Å². The Labute approximate surface area is 120 Å². The lowest BCUT2D eigenvalue weighted by molar-refractivity contribution is -0.164. The summed E-state index contributed by atoms with van der Waals surface area (Å²) in [7, 11) is 1.71. The molecule has 0 aromatic heterocycles. The van der Waals surface area contributed by atoms with Gasteiger partial charge in [0.1, 0.15) is 0 Å². The van der Waals surface area contributed by atoms with Crippen molar-refractivity contribution in [2.75, 3.05) is 13.7 Å². The van der Waals surface area contributed by atoms with Crippen molar-refractivity contribution in [1.29, 1.82) is 0 Å². The molecule has 0 aromatic rings. The summed E-state index contributed by atoms with van der Waals surface area (Å²) in [4.78, 5) is 22.2. The van der Waals surface area contributed by atoms with Crippen LogP contribution in [0.15, 0.2) is 0 Å². The molecule has 3 atom stereocenters. The Bertz CT molecular complexity index is 355. The Morgan fingerprint density at radius 1 is 1.30 bits per heavy atom. The SMILES string of the molecule is CCC1(CC)C(NC(=O)NCCC(=O)O)C(C)C1OC. The molecule has 116 valence electrons. The summed E-state index contributed by atoms with van der Waals surface area (Å²) in [6, 6.07) is -0.240. The largest absolute Gasteiger partial charge is 0.481 e. The minimum Gasteiger partial charge on any atom is -0.481 e. The third kappa shape index (κ3) is 3.06. The van der Waals surface area contributed by atoms with Crippen LogP contribution in [0.3, 0.4) is 0 Å². The van der Waals surface area contributed by atoms with Crippen molar-refractivity contribution < 1.29 is 19.4 Å². The summed E-state index contributed by atoms with van der Waals surface area (Å²) in [6.45, 7) is 6.43. The van der Waals surface area contributed by atoms with Gasteiger partial charge in [0.25, 0.3) is 0 Å². The fourth-order valence-corrected chi connectivity index (χ4v) is 3.57. The van der Waals surface area contributed by atoms with E-state index < -0.39 is 5.97 Å². The summed E-state index contributed by atoms with van der Waals surface area (Å²) >= 11 is 0. The van der Waals surface area contributed by atoms with Gasteiger partial charge < -0.3 is 20.5 Å². The van der Waals surface area contributed by atoms with Crippen LogP contribution in [0.4, 0.5) is 4.79 Å². The number of carboxylic acids is 1. The van der Waals surface area contributed by atoms with Crippen LogP contribution in [-0.2, 0) is 9.53 Å². The average molecular weight is 286 g/mol. The quantitative estimate of drug-likeness (QED) is 0.663. The minimum atomic E-state index is -0.918. The van der Waals surface area contributed by atoms with Crippen LogP contribution in [0.25, 0.3) is 0 Å². The highest BCUT2D eigenvalue weighted by atomic mass is 16.5. The highest BCUT2D eigenvalue weighted by Crippen LogP contribution is 2.52. The van der Waals surface area contributed by atoms with Crippen LogP contribution in [-0.4, -0.2) is 42.9 Å². The van der Waals surface area contributed by atoms with Gasteiger partial charge in [-0.15, -0.1) is 0 Å². The second-order valence-corrected chi connectivity index (χ2v) is 5.48. The zero-order valence-corrected chi connectivity index (χ0v) is 12.7. The number of hydrogen-bond donors (Lipinski definition) is 3. The molecule has 3 unspecified atom stereocenters. The molecule has 1 rings (SSSR count). The highest BCUT2D eigenvalue weighted by molar-refractivity contribution is 5.75. The van der Waals surface area contributed by atoms with Crippen molar-refractivity contribution in [1.82, 2.24) is 10.6 Å². The smallest absolute Gasteiger partial charge is 0.315 e. The first-order valence-electron chi connectivity index (χ1n) is 7.21. The first-order chi connectivity index (χ1) is 9.42. The summed E-state index contributed by atoms with van der Waals surface area (Å²) in [5, 5.41) is 14.1. The van der Waals surface area contributed by atoms with Gasteiger partial charge in [0.2, 0.25) is 0 Å². The Hall–Kier alpha value is -1.30. The van der Waals surface area contributed by atoms with E-state index in [0.717, 1.165) is 12.8 Å². The van der Waals surface area contributed by atoms with Crippen LogP contribution >= 0.6 is 0 Å². The van der Waals surface area contributed by atoms with E-state index in [1.807, 2.05) is 0 Å². The molecule has 1 aliphatic carbocycles. The second-order valence-electron chi connectivity index (χ2n) is 5.48. The van der Waals surface area contributed by atoms with Gasteiger partial charge in [0.15, 0.2) is 0 Å². The van der Waals surface area contributed by atoms with Crippen molar-refractivity contribution in [2.45, 2.75) is 52.2 Å². The lowest BCUT2D eigenvalue weighted by Gasteiger charge is -2.59. The summed E-state index contributed by atoms with van der Waals surface area (Å²) < 4.78 is 5.57. The number of carboxylic acid groups (broad SMARTS) is 1. The second kappa shape index (κ2) is 6.92. The summed E-state index contributed by atoms with van der Waals surface area (Å²) in [5.41, 5.74) is -0.0295. The lowest BCUT2D eigenvalue weighted by atomic mass is 9.53. The van der Waals surface area contributed by atoms with Gasteiger partial charge >= 0.3 is 12.0 Å². The van der Waals surface area contributed by atoms with Crippen molar-refractivity contribution >= 4 is 12.0 Å². The van der Waals surface area contributed by atoms with E-state index in [2.05, 4.69) is 31.4 Å². The number of ether oxygens (including phenoxy) is 1. The van der Waals surface area contributed by atoms with E-state index in [1.165, 1.54) is 0 Å². The fourth-order valence-electron chi connectivity index (χ4n) is 3.57. The molecule has 0 radical (unpaired) electrons. The highest BCUT2D eigenvalue weighted by Gasteiger charge is 2.58. The number of amides is 2. The van der Waals surface area contributed by atoms with Gasteiger partial charge in [-0.25, -0.2) is 4.79 Å². The monoisotopic (exact) mass is 286 g/mol. The average Bonchev–Trinajstić information content (AvgIpc) is 2.41. The summed E-state index contributed by atoms with van der Waals surface area (Å²) in [6.07, 6.45) is 1.96. The van der Waals surface area contributed by atoms with Gasteiger partial charge in [-0.1, -0.05) is 20.8 Å². The maximum absolute atomic E-state index is 11.8. The Morgan fingerprint density at radius 3 is 2.35 bits per heavy atom. The maximum Gasteiger partial charge on any atom is 0.315 e. The number of carbonyl (C=O) groups excluding carboxylic acids is 1. The van der Waals surface area contributed by atoms with Gasteiger partial charge in [-0.3, -0.25) is 4.79 Å². The van der Waals surface area contributed by atoms with Crippen LogP contribution in [0, 0.1) is 11.3 Å². The van der Waals surface area contributed by atoms with Crippen molar-refractivity contribution in [2.24, 2.45) is 11.3 Å². The standard InChI is InChI=1S/C14H26N2O4/c1-5-14(6-2)11(9(3)12(14)20-4)16-13(19)15-8-7-10(17)18/h9,11-12H,5-8H2,1-4H3,(H,17,18)(H2,15,16,19). The molecule has 6 nitrogen and oxygen atoms in total. The van der Waals surface area contributed by atoms with Crippen molar-refractivity contribution in [3.8, 4) is 0 Å². The maximum atomic E-state index is 11.8. The van der Waals surface area contributed by atoms with Gasteiger partial charge in [0, 0.05) is 31.0 Å². The third-order valence-electron chi connectivity index (χ3n) is 4.67. The van der Waals surface area contributed by atoms with Gasteiger partial charge in [-0.2, -0.15) is 0 Å². The van der Waals surface area contributed by atoms with Crippen molar-refractivity contribution in [3.05, 3.63) is 0 Å². The molecule has 1 aliphatic rings. The number of urea groups is 1. The van der Waals surface area contributed by atoms with Gasteiger partial charge in [0.05, 0.1) is 12.5 Å². The van der Waals surface area contributed by atoms with Crippen LogP contribution in [0.5, 0.6) is 0 Å². The molecule has 0 aliphatic heterocycles. The molecule has 20 heavy (non-hydrogen) atoms. The Morgan fingerprint density at radius 2 is 1.90 bits per heavy atom. The molecular weight excluding hydrogens is 260 g/mol. The molecule has 0 aromatic carbocycles. The van der Waals surface area contributed by atoms with E-state index in [0.29, 0.717) is 0 Å². The number of aliphatic carboxylic acids is 1. The normalized spacial score (nSPS) is 27.5. The Balaban J connectivity index is 2.57. The molecule has 0 bridgehead atoms. The van der Waals surface area contributed by atoms with Crippen LogP contribution in [0.2, 0.25) is 0 Å². The van der Waals surface area contributed by atoms with Crippen LogP contribution < -0.4 is 10.6 Å². The molecule has 2 amide bonds. The van der Waals surface area contributed by atoms with Gasteiger partial charge in [-0.05, 0) is 12.8 Å². The number of carbonyl (C=O) groups is 2. The zero-order valence-electron chi connectivity index (χ0n) is 12.7. The lowest BCUT2D eigenvalue weighted by Crippen LogP contribution is -2.70. The first-order valence-corrected chi connectivity index (χ1v) is 7.21. The van der Waals surface area contributed by atoms with E-state index in [4.69, 9.17) is 9.84 Å². The predicted octanol–water partition coefficient (Wildman–Crippen LogP) is 1.60. The first kappa shape index (κ1) is 16.8. The number of methoxy groups -OCH3 is 1. The fraction of sp³-hybridized carbons (Fsp3) is 0.857. The number of hydrogen-bond acceptors (Lipinski definition) is 3. The predicted molar refractivity (Wildman–Crippen MR) is 75.6 cm³/mol. The Kier molecular flexibility index (Phi) is 5.80. The van der Waals surface area contributed by atoms with Crippen molar-refractivity contribution in [3.63, 3.8) is 0 Å². The van der Waals surface area contributed by atoms with Crippen LogP contribution in [0.1, 0.15) is 40.0 Å². The topological polar surface area (TPSA) is 87.7 Å². The molecule has 0 heterocycles. The molecule has 6 heteroatoms. The summed E-state index contributed by atoms with van der Waals surface area (Å²) in [5.74, 6) is -0.664. The molecule has 1 fully saturated rings. The molecule has 0 saturated heterocycles.